The minimum atomic E-state index is -0.0677. The number of alkyl halides is 1. The molecule has 0 aromatic heterocycles. The highest BCUT2D eigenvalue weighted by Crippen LogP contribution is 2.51. The van der Waals surface area contributed by atoms with E-state index < -0.39 is 0 Å². The van der Waals surface area contributed by atoms with Crippen molar-refractivity contribution in [3.63, 3.8) is 0 Å². The molecule has 2 unspecified atom stereocenters. The van der Waals surface area contributed by atoms with E-state index in [1.807, 2.05) is 13.8 Å². The molecule has 1 saturated carbocycles. The van der Waals surface area contributed by atoms with Crippen LogP contribution in [0.4, 0.5) is 0 Å². The molecule has 1 fully saturated rings. The molecule has 1 aliphatic carbocycles. The van der Waals surface area contributed by atoms with E-state index in [4.69, 9.17) is 4.74 Å². The van der Waals surface area contributed by atoms with Crippen molar-refractivity contribution in [2.24, 2.45) is 5.92 Å². The lowest BCUT2D eigenvalue weighted by atomic mass is 10.3. The Morgan fingerprint density at radius 1 is 1.90 bits per heavy atom. The smallest absolute Gasteiger partial charge is 0.310 e. The molecule has 1 rings (SSSR count). The zero-order chi connectivity index (χ0) is 7.78. The quantitative estimate of drug-likeness (QED) is 0.509. The zero-order valence-electron chi connectivity index (χ0n) is 6.19. The highest BCUT2D eigenvalue weighted by Gasteiger charge is 2.53. The van der Waals surface area contributed by atoms with Crippen molar-refractivity contribution in [2.75, 3.05) is 6.61 Å². The average Bonchev–Trinajstić information content (AvgIpc) is 2.41. The molecule has 0 N–H and O–H groups in total. The van der Waals surface area contributed by atoms with Crippen LogP contribution in [0.1, 0.15) is 20.3 Å². The summed E-state index contributed by atoms with van der Waals surface area (Å²) in [4.78, 5) is 11.0. The molecule has 3 heteroatoms. The first kappa shape index (κ1) is 8.05. The minimum absolute atomic E-state index is 0.0270. The van der Waals surface area contributed by atoms with Crippen LogP contribution in [0.2, 0.25) is 0 Å². The Morgan fingerprint density at radius 2 is 2.40 bits per heavy atom. The minimum Gasteiger partial charge on any atom is -0.466 e. The van der Waals surface area contributed by atoms with Crippen LogP contribution in [-0.4, -0.2) is 16.9 Å². The number of carbonyl (C=O) groups is 1. The van der Waals surface area contributed by atoms with Crippen molar-refractivity contribution in [1.82, 2.24) is 0 Å². The maximum Gasteiger partial charge on any atom is 0.310 e. The maximum absolute atomic E-state index is 11.0. The summed E-state index contributed by atoms with van der Waals surface area (Å²) in [6, 6.07) is 0. The van der Waals surface area contributed by atoms with E-state index in [0.29, 0.717) is 6.61 Å². The van der Waals surface area contributed by atoms with Crippen LogP contribution in [0.25, 0.3) is 0 Å². The fourth-order valence-corrected chi connectivity index (χ4v) is 1.42. The number of hydrogen-bond acceptors (Lipinski definition) is 2. The summed E-state index contributed by atoms with van der Waals surface area (Å²) in [6.07, 6.45) is 0.909. The second kappa shape index (κ2) is 2.53. The van der Waals surface area contributed by atoms with Crippen LogP contribution < -0.4 is 0 Å². The molecule has 0 saturated heterocycles. The first-order chi connectivity index (χ1) is 4.58. The topological polar surface area (TPSA) is 26.3 Å². The molecule has 0 amide bonds. The van der Waals surface area contributed by atoms with Gasteiger partial charge in [0.1, 0.15) is 0 Å². The van der Waals surface area contributed by atoms with Gasteiger partial charge in [-0.3, -0.25) is 4.79 Å². The molecular weight excluding hydrogens is 196 g/mol. The van der Waals surface area contributed by atoms with Gasteiger partial charge in [0.25, 0.3) is 0 Å². The van der Waals surface area contributed by atoms with Gasteiger partial charge < -0.3 is 4.74 Å². The monoisotopic (exact) mass is 206 g/mol. The lowest BCUT2D eigenvalue weighted by Crippen LogP contribution is -2.10. The summed E-state index contributed by atoms with van der Waals surface area (Å²) in [5.41, 5.74) is 0. The predicted molar refractivity (Wildman–Crippen MR) is 42.1 cm³/mol. The van der Waals surface area contributed by atoms with Crippen molar-refractivity contribution >= 4 is 21.9 Å². The van der Waals surface area contributed by atoms with Gasteiger partial charge in [-0.2, -0.15) is 0 Å². The van der Waals surface area contributed by atoms with Crippen molar-refractivity contribution in [3.05, 3.63) is 0 Å². The Hall–Kier alpha value is -0.0500. The number of halogens is 1. The summed E-state index contributed by atoms with van der Waals surface area (Å²) < 4.78 is 4.86. The third-order valence-corrected chi connectivity index (χ3v) is 2.62. The Balaban J connectivity index is 2.33. The molecule has 1 aliphatic rings. The number of hydrogen-bond donors (Lipinski definition) is 0. The molecule has 0 aromatic rings. The van der Waals surface area contributed by atoms with Crippen molar-refractivity contribution < 1.29 is 9.53 Å². The first-order valence-corrected chi connectivity index (χ1v) is 4.23. The largest absolute Gasteiger partial charge is 0.466 e. The van der Waals surface area contributed by atoms with Crippen molar-refractivity contribution in [3.8, 4) is 0 Å². The fraction of sp³-hybridized carbons (Fsp3) is 0.857. The summed E-state index contributed by atoms with van der Waals surface area (Å²) in [7, 11) is 0. The highest BCUT2D eigenvalue weighted by atomic mass is 79.9. The number of rotatable bonds is 2. The number of ether oxygens (including phenoxy) is 1. The van der Waals surface area contributed by atoms with Gasteiger partial charge in [-0.05, 0) is 20.3 Å². The SMILES string of the molecule is CCOC(=O)C1CC1(C)Br. The van der Waals surface area contributed by atoms with Crippen LogP contribution in [0.15, 0.2) is 0 Å². The molecule has 0 spiro atoms. The molecule has 0 bridgehead atoms. The number of carbonyl (C=O) groups excluding carboxylic acids is 1. The Kier molecular flexibility index (Phi) is 2.04. The van der Waals surface area contributed by atoms with E-state index in [1.165, 1.54) is 0 Å². The number of esters is 1. The second-order valence-corrected chi connectivity index (χ2v) is 4.60. The molecule has 0 heterocycles. The molecule has 0 aliphatic heterocycles. The van der Waals surface area contributed by atoms with Crippen LogP contribution in [0, 0.1) is 5.92 Å². The lowest BCUT2D eigenvalue weighted by molar-refractivity contribution is -0.144. The van der Waals surface area contributed by atoms with Crippen LogP contribution >= 0.6 is 15.9 Å². The van der Waals surface area contributed by atoms with E-state index in [9.17, 15) is 4.79 Å². The van der Waals surface area contributed by atoms with Gasteiger partial charge in [0.15, 0.2) is 0 Å². The summed E-state index contributed by atoms with van der Waals surface area (Å²) in [5, 5.41) is 0. The van der Waals surface area contributed by atoms with E-state index >= 15 is 0 Å². The van der Waals surface area contributed by atoms with Gasteiger partial charge in [0.05, 0.1) is 12.5 Å². The van der Waals surface area contributed by atoms with E-state index in [1.54, 1.807) is 0 Å². The fourth-order valence-electron chi connectivity index (χ4n) is 0.912. The molecule has 2 atom stereocenters. The van der Waals surface area contributed by atoms with Gasteiger partial charge in [-0.15, -0.1) is 0 Å². The highest BCUT2D eigenvalue weighted by molar-refractivity contribution is 9.10. The summed E-state index contributed by atoms with van der Waals surface area (Å²) in [5.74, 6) is 0.0225. The molecule has 58 valence electrons. The van der Waals surface area contributed by atoms with Crippen molar-refractivity contribution in [2.45, 2.75) is 24.6 Å². The van der Waals surface area contributed by atoms with E-state index in [-0.39, 0.29) is 16.2 Å². The third-order valence-electron chi connectivity index (χ3n) is 1.74. The normalized spacial score (nSPS) is 37.3. The summed E-state index contributed by atoms with van der Waals surface area (Å²) >= 11 is 3.42. The zero-order valence-corrected chi connectivity index (χ0v) is 7.77. The maximum atomic E-state index is 11.0. The lowest BCUT2D eigenvalue weighted by Gasteiger charge is -2.00. The van der Waals surface area contributed by atoms with Gasteiger partial charge in [-0.25, -0.2) is 0 Å². The second-order valence-electron chi connectivity index (χ2n) is 2.79. The molecule has 0 radical (unpaired) electrons. The molecule has 0 aromatic carbocycles. The predicted octanol–water partition coefficient (Wildman–Crippen LogP) is 1.72. The van der Waals surface area contributed by atoms with Gasteiger partial charge in [-0.1, -0.05) is 15.9 Å². The van der Waals surface area contributed by atoms with Crippen LogP contribution in [0.3, 0.4) is 0 Å². The third kappa shape index (κ3) is 1.51. The van der Waals surface area contributed by atoms with Gasteiger partial charge in [0, 0.05) is 4.32 Å². The van der Waals surface area contributed by atoms with Crippen LogP contribution in [-0.2, 0) is 9.53 Å². The summed E-state index contributed by atoms with van der Waals surface area (Å²) in [6.45, 7) is 4.32. The van der Waals surface area contributed by atoms with Gasteiger partial charge in [0.2, 0.25) is 0 Å². The first-order valence-electron chi connectivity index (χ1n) is 3.43. The average molecular weight is 207 g/mol. The standard InChI is InChI=1S/C7H11BrO2/c1-3-10-6(9)5-4-7(5,2)8/h5H,3-4H2,1-2H3. The Bertz CT molecular complexity index is 154. The van der Waals surface area contributed by atoms with Crippen molar-refractivity contribution in [1.29, 1.82) is 0 Å². The molecule has 10 heavy (non-hydrogen) atoms. The van der Waals surface area contributed by atoms with Gasteiger partial charge >= 0.3 is 5.97 Å². The van der Waals surface area contributed by atoms with E-state index in [2.05, 4.69) is 15.9 Å². The Morgan fingerprint density at radius 3 is 2.70 bits per heavy atom. The molecular formula is C7H11BrO2. The van der Waals surface area contributed by atoms with E-state index in [0.717, 1.165) is 6.42 Å². The molecule has 2 nitrogen and oxygen atoms in total. The van der Waals surface area contributed by atoms with Crippen LogP contribution in [0.5, 0.6) is 0 Å². The Labute approximate surface area is 69.1 Å².